The van der Waals surface area contributed by atoms with Gasteiger partial charge in [0.2, 0.25) is 20.0 Å². The van der Waals surface area contributed by atoms with Crippen LogP contribution < -0.4 is 10.0 Å². The maximum Gasteiger partial charge on any atom is 0.264 e. The number of carbonyl (C=O) groups excluding carboxylic acids is 1. The first kappa shape index (κ1) is 37.7. The molecule has 2 N–H and O–H groups in total. The van der Waals surface area contributed by atoms with Crippen LogP contribution in [-0.4, -0.2) is 75.9 Å². The summed E-state index contributed by atoms with van der Waals surface area (Å²) in [6.07, 6.45) is 5.88. The van der Waals surface area contributed by atoms with Crippen molar-refractivity contribution in [3.63, 3.8) is 0 Å². The minimum absolute atomic E-state index is 0.00571. The number of hydrogen-bond donors (Lipinski definition) is 2. The van der Waals surface area contributed by atoms with Crippen LogP contribution in [0.4, 0.5) is 10.3 Å². The summed E-state index contributed by atoms with van der Waals surface area (Å²) in [5, 5.41) is 2.70. The number of nitrogens with one attached hydrogen (secondary N) is 2. The van der Waals surface area contributed by atoms with Crippen molar-refractivity contribution in [2.24, 2.45) is 0 Å². The van der Waals surface area contributed by atoms with Gasteiger partial charge in [-0.25, -0.2) is 35.2 Å². The fourth-order valence-electron chi connectivity index (χ4n) is 4.87. The quantitative estimate of drug-likeness (QED) is 0.112. The molecule has 0 bridgehead atoms. The lowest BCUT2D eigenvalue weighted by Gasteiger charge is -2.18. The largest absolute Gasteiger partial charge is 0.298 e. The Balaban J connectivity index is 1.38. The molecule has 13 nitrogen and oxygen atoms in total. The summed E-state index contributed by atoms with van der Waals surface area (Å²) in [6.45, 7) is 14.8. The first-order valence-corrected chi connectivity index (χ1v) is 20.9. The third-order valence-corrected chi connectivity index (χ3v) is 14.2. The van der Waals surface area contributed by atoms with Gasteiger partial charge in [-0.15, -0.1) is 26.3 Å². The van der Waals surface area contributed by atoms with Crippen LogP contribution in [-0.2, 0) is 30.1 Å². The molecule has 51 heavy (non-hydrogen) atoms. The van der Waals surface area contributed by atoms with Gasteiger partial charge in [-0.1, -0.05) is 59.1 Å². The zero-order valence-corrected chi connectivity index (χ0v) is 31.0. The molecule has 2 heterocycles. The number of fused-ring (bicyclic) bond motifs is 2. The fourth-order valence-corrected chi connectivity index (χ4v) is 11.1. The topological polar surface area (TPSA) is 176 Å². The highest BCUT2D eigenvalue weighted by Gasteiger charge is 2.27. The van der Waals surface area contributed by atoms with E-state index in [-0.39, 0.29) is 56.7 Å². The normalized spacial score (nSPS) is 12.3. The molecule has 0 atom stereocenters. The van der Waals surface area contributed by atoms with E-state index in [9.17, 15) is 30.0 Å². The molecule has 5 rings (SSSR count). The Labute approximate surface area is 304 Å². The number of rotatable bonds is 17. The monoisotopic (exact) mass is 784 g/mol. The number of anilines is 2. The van der Waals surface area contributed by atoms with E-state index in [1.807, 2.05) is 0 Å². The van der Waals surface area contributed by atoms with Gasteiger partial charge >= 0.3 is 0 Å². The molecule has 0 aliphatic rings. The summed E-state index contributed by atoms with van der Waals surface area (Å²) >= 11 is 1.95. The summed E-state index contributed by atoms with van der Waals surface area (Å²) in [7, 11) is -12.2. The van der Waals surface area contributed by atoms with Crippen molar-refractivity contribution in [1.29, 1.82) is 0 Å². The van der Waals surface area contributed by atoms with Crippen LogP contribution in [0.25, 0.3) is 20.4 Å². The Morgan fingerprint density at radius 2 is 1.12 bits per heavy atom. The molecule has 0 spiro atoms. The van der Waals surface area contributed by atoms with Gasteiger partial charge in [0.05, 0.1) is 35.8 Å². The van der Waals surface area contributed by atoms with E-state index >= 15 is 0 Å². The smallest absolute Gasteiger partial charge is 0.264 e. The molecule has 18 heteroatoms. The number of nitrogens with zero attached hydrogens (tertiary/aromatic N) is 4. The Kier molecular flexibility index (Phi) is 11.3. The van der Waals surface area contributed by atoms with Crippen LogP contribution in [0.2, 0.25) is 0 Å². The number of sulfonamides is 3. The molecular weight excluding hydrogens is 753 g/mol. The first-order chi connectivity index (χ1) is 24.2. The number of thiazole rings is 2. The van der Waals surface area contributed by atoms with Crippen LogP contribution in [0.5, 0.6) is 0 Å². The van der Waals surface area contributed by atoms with Crippen LogP contribution in [0.1, 0.15) is 10.4 Å². The van der Waals surface area contributed by atoms with Crippen molar-refractivity contribution in [1.82, 2.24) is 18.6 Å². The van der Waals surface area contributed by atoms with Gasteiger partial charge in [-0.3, -0.25) is 14.8 Å². The van der Waals surface area contributed by atoms with Crippen molar-refractivity contribution in [3.8, 4) is 0 Å². The highest BCUT2D eigenvalue weighted by atomic mass is 32.2. The molecule has 0 aliphatic carbocycles. The second-order valence-corrected chi connectivity index (χ2v) is 18.2. The van der Waals surface area contributed by atoms with Crippen molar-refractivity contribution in [2.45, 2.75) is 14.7 Å². The second-order valence-electron chi connectivity index (χ2n) is 10.7. The Morgan fingerprint density at radius 3 is 1.61 bits per heavy atom. The maximum atomic E-state index is 13.6. The molecular formula is C33H32N6O7S5. The zero-order chi connectivity index (χ0) is 37.0. The Morgan fingerprint density at radius 1 is 0.667 bits per heavy atom. The van der Waals surface area contributed by atoms with Crippen molar-refractivity contribution in [3.05, 3.63) is 117 Å². The molecule has 0 aliphatic heterocycles. The lowest BCUT2D eigenvalue weighted by atomic mass is 10.2. The van der Waals surface area contributed by atoms with E-state index in [2.05, 4.69) is 46.3 Å². The summed E-state index contributed by atoms with van der Waals surface area (Å²) in [6, 6.07) is 14.2. The van der Waals surface area contributed by atoms with E-state index in [0.717, 1.165) is 22.7 Å². The number of benzene rings is 3. The number of aromatic nitrogens is 2. The summed E-state index contributed by atoms with van der Waals surface area (Å²) in [5.74, 6) is -0.770. The molecule has 1 amide bonds. The zero-order valence-electron chi connectivity index (χ0n) is 26.9. The molecule has 2 aromatic heterocycles. The molecule has 0 unspecified atom stereocenters. The lowest BCUT2D eigenvalue weighted by molar-refractivity contribution is 0.102. The predicted octanol–water partition coefficient (Wildman–Crippen LogP) is 5.68. The van der Waals surface area contributed by atoms with Gasteiger partial charge in [-0.05, 0) is 48.5 Å². The number of hydrogen-bond acceptors (Lipinski definition) is 11. The van der Waals surface area contributed by atoms with Gasteiger partial charge in [0.15, 0.2) is 10.3 Å². The van der Waals surface area contributed by atoms with Gasteiger partial charge in [0, 0.05) is 26.2 Å². The molecule has 0 fully saturated rings. The predicted molar refractivity (Wildman–Crippen MR) is 203 cm³/mol. The van der Waals surface area contributed by atoms with Gasteiger partial charge in [0.1, 0.15) is 4.90 Å². The van der Waals surface area contributed by atoms with Gasteiger partial charge < -0.3 is 0 Å². The summed E-state index contributed by atoms with van der Waals surface area (Å²) in [5.41, 5.74) is 0.607. The van der Waals surface area contributed by atoms with Crippen LogP contribution >= 0.6 is 22.7 Å². The van der Waals surface area contributed by atoms with Gasteiger partial charge in [0.25, 0.3) is 15.9 Å². The lowest BCUT2D eigenvalue weighted by Crippen LogP contribution is -2.31. The average Bonchev–Trinajstić information content (AvgIpc) is 3.69. The molecule has 266 valence electrons. The summed E-state index contributed by atoms with van der Waals surface area (Å²) in [4.78, 5) is 21.8. The standard InChI is InChI=1S/C33H32N6O7S5/c1-5-17-38(18-6-2)50(43,44)23-13-15-26-28(21-23)47-32(34-26)36-31(40)25-11-9-10-12-30(25)49(41,42)37-33-35-27-16-14-24(22-29(27)48-33)51(45,46)39(19-7-3)20-8-4/h5-16,21-22H,1-4,17-20H2,(H,35,37)(H,34,36,40). The Bertz CT molecular complexity index is 2490. The molecule has 5 aromatic rings. The molecule has 0 saturated carbocycles. The number of carbonyl (C=O) groups is 1. The highest BCUT2D eigenvalue weighted by Crippen LogP contribution is 2.33. The molecule has 3 aromatic carbocycles. The second kappa shape index (κ2) is 15.4. The van der Waals surface area contributed by atoms with Crippen LogP contribution in [0.15, 0.2) is 126 Å². The average molecular weight is 785 g/mol. The Hall–Kier alpha value is -4.56. The van der Waals surface area contributed by atoms with E-state index in [1.54, 1.807) is 0 Å². The van der Waals surface area contributed by atoms with Crippen molar-refractivity contribution in [2.75, 3.05) is 36.2 Å². The van der Waals surface area contributed by atoms with Crippen LogP contribution in [0, 0.1) is 0 Å². The van der Waals surface area contributed by atoms with Gasteiger partial charge in [-0.2, -0.15) is 8.61 Å². The fraction of sp³-hybridized carbons (Fsp3) is 0.121. The van der Waals surface area contributed by atoms with Crippen molar-refractivity contribution < 1.29 is 30.0 Å². The molecule has 0 saturated heterocycles. The highest BCUT2D eigenvalue weighted by molar-refractivity contribution is 7.93. The van der Waals surface area contributed by atoms with E-state index < -0.39 is 36.0 Å². The van der Waals surface area contributed by atoms with E-state index in [4.69, 9.17) is 0 Å². The maximum absolute atomic E-state index is 13.6. The minimum Gasteiger partial charge on any atom is -0.298 e. The van der Waals surface area contributed by atoms with Crippen LogP contribution in [0.3, 0.4) is 0 Å². The number of amides is 1. The third kappa shape index (κ3) is 8.01. The molecule has 0 radical (unpaired) electrons. The van der Waals surface area contributed by atoms with E-state index in [0.29, 0.717) is 20.4 Å². The van der Waals surface area contributed by atoms with E-state index in [1.165, 1.54) is 93.6 Å². The SMILES string of the molecule is C=CCN(CC=C)S(=O)(=O)c1ccc2nc(NC(=O)c3ccccc3S(=O)(=O)Nc3nc4ccc(S(=O)(=O)N(CC=C)CC=C)cc4s3)sc2c1. The minimum atomic E-state index is -4.37. The third-order valence-electron chi connectivity index (χ3n) is 7.19. The van der Waals surface area contributed by atoms with Crippen molar-refractivity contribution >= 4 is 89.3 Å². The summed E-state index contributed by atoms with van der Waals surface area (Å²) < 4.78 is 85.7. The first-order valence-electron chi connectivity index (χ1n) is 14.9.